The van der Waals surface area contributed by atoms with E-state index in [0.29, 0.717) is 13.0 Å². The number of rotatable bonds is 9. The fourth-order valence-corrected chi connectivity index (χ4v) is 2.10. The molecule has 0 saturated heterocycles. The van der Waals surface area contributed by atoms with Gasteiger partial charge in [0.25, 0.3) is 5.91 Å². The average molecular weight is 384 g/mol. The molecule has 27 heavy (non-hydrogen) atoms. The van der Waals surface area contributed by atoms with Crippen molar-refractivity contribution in [3.8, 4) is 5.75 Å². The lowest BCUT2D eigenvalue weighted by molar-refractivity contribution is -0.153. The van der Waals surface area contributed by atoms with Crippen LogP contribution in [0.1, 0.15) is 29.0 Å². The zero-order valence-electron chi connectivity index (χ0n) is 14.3. The minimum atomic E-state index is -4.38. The molecule has 1 aromatic carbocycles. The molecule has 0 unspecified atom stereocenters. The molecule has 2 aromatic rings. The number of carbonyl (C=O) groups excluding carboxylic acids is 2. The Labute approximate surface area is 153 Å². The molecule has 0 aliphatic rings. The molecule has 0 aliphatic heterocycles. The third kappa shape index (κ3) is 7.85. The van der Waals surface area contributed by atoms with Crippen LogP contribution in [-0.4, -0.2) is 31.1 Å². The molecular formula is C18H19F3N2O4. The van der Waals surface area contributed by atoms with Gasteiger partial charge < -0.3 is 19.8 Å². The van der Waals surface area contributed by atoms with Gasteiger partial charge in [-0.2, -0.15) is 13.2 Å². The van der Waals surface area contributed by atoms with Crippen molar-refractivity contribution in [3.63, 3.8) is 0 Å². The van der Waals surface area contributed by atoms with E-state index in [9.17, 15) is 22.8 Å². The largest absolute Gasteiger partial charge is 0.484 e. The van der Waals surface area contributed by atoms with Crippen LogP contribution < -0.4 is 15.4 Å². The number of benzene rings is 1. The third-order valence-corrected chi connectivity index (χ3v) is 3.43. The second-order valence-corrected chi connectivity index (χ2v) is 5.66. The summed E-state index contributed by atoms with van der Waals surface area (Å²) in [6.07, 6.45) is -2.30. The van der Waals surface area contributed by atoms with Crippen LogP contribution in [0.3, 0.4) is 0 Å². The second-order valence-electron chi connectivity index (χ2n) is 5.66. The van der Waals surface area contributed by atoms with Gasteiger partial charge in [0.2, 0.25) is 5.91 Å². The number of hydrogen-bond acceptors (Lipinski definition) is 4. The number of ether oxygens (including phenoxy) is 1. The van der Waals surface area contributed by atoms with Crippen LogP contribution in [-0.2, 0) is 11.3 Å². The van der Waals surface area contributed by atoms with Gasteiger partial charge in [-0.1, -0.05) is 12.1 Å². The summed E-state index contributed by atoms with van der Waals surface area (Å²) in [5, 5.41) is 5.34. The molecule has 2 N–H and O–H groups in total. The van der Waals surface area contributed by atoms with E-state index in [0.717, 1.165) is 5.56 Å². The molecule has 9 heteroatoms. The Hall–Kier alpha value is -2.97. The summed E-state index contributed by atoms with van der Waals surface area (Å²) in [4.78, 5) is 23.4. The summed E-state index contributed by atoms with van der Waals surface area (Å²) in [5.74, 6) is -0.218. The van der Waals surface area contributed by atoms with Crippen LogP contribution in [0.2, 0.25) is 0 Å². The molecule has 0 fully saturated rings. The van der Waals surface area contributed by atoms with E-state index in [2.05, 4.69) is 15.4 Å². The van der Waals surface area contributed by atoms with Crippen molar-refractivity contribution >= 4 is 11.8 Å². The summed E-state index contributed by atoms with van der Waals surface area (Å²) in [6.45, 7) is -0.769. The Balaban J connectivity index is 1.61. The molecule has 6 nitrogen and oxygen atoms in total. The van der Waals surface area contributed by atoms with Gasteiger partial charge in [0.15, 0.2) is 12.4 Å². The Bertz CT molecular complexity index is 728. The molecule has 0 aliphatic carbocycles. The molecule has 1 heterocycles. The highest BCUT2D eigenvalue weighted by molar-refractivity contribution is 5.91. The summed E-state index contributed by atoms with van der Waals surface area (Å²) >= 11 is 0. The first kappa shape index (κ1) is 20.3. The summed E-state index contributed by atoms with van der Waals surface area (Å²) < 4.78 is 45.8. The molecule has 2 rings (SSSR count). The van der Waals surface area contributed by atoms with Crippen LogP contribution in [0.15, 0.2) is 47.1 Å². The third-order valence-electron chi connectivity index (χ3n) is 3.43. The highest BCUT2D eigenvalue weighted by atomic mass is 19.4. The highest BCUT2D eigenvalue weighted by Gasteiger charge is 2.28. The number of alkyl halides is 3. The van der Waals surface area contributed by atoms with Crippen molar-refractivity contribution in [2.24, 2.45) is 0 Å². The SMILES string of the molecule is O=C(CCCNC(=O)c1ccco1)NCc1ccc(OCC(F)(F)F)cc1. The van der Waals surface area contributed by atoms with Crippen molar-refractivity contribution in [1.29, 1.82) is 0 Å². The average Bonchev–Trinajstić information content (AvgIpc) is 3.17. The van der Waals surface area contributed by atoms with Gasteiger partial charge >= 0.3 is 6.18 Å². The number of nitrogens with one attached hydrogen (secondary N) is 2. The number of amides is 2. The zero-order valence-corrected chi connectivity index (χ0v) is 14.3. The first-order valence-corrected chi connectivity index (χ1v) is 8.20. The molecule has 146 valence electrons. The van der Waals surface area contributed by atoms with Crippen LogP contribution >= 0.6 is 0 Å². The summed E-state index contributed by atoms with van der Waals surface area (Å²) in [6, 6.07) is 9.14. The van der Waals surface area contributed by atoms with Gasteiger partial charge in [0, 0.05) is 19.5 Å². The van der Waals surface area contributed by atoms with E-state index >= 15 is 0 Å². The predicted molar refractivity (Wildman–Crippen MR) is 90.1 cm³/mol. The van der Waals surface area contributed by atoms with Gasteiger partial charge in [-0.05, 0) is 36.2 Å². The second kappa shape index (κ2) is 9.65. The van der Waals surface area contributed by atoms with Gasteiger partial charge in [0.05, 0.1) is 6.26 Å². The topological polar surface area (TPSA) is 80.6 Å². The fourth-order valence-electron chi connectivity index (χ4n) is 2.10. The maximum atomic E-state index is 12.1. The Kier molecular flexibility index (Phi) is 7.27. The normalized spacial score (nSPS) is 11.1. The molecule has 0 bridgehead atoms. The van der Waals surface area contributed by atoms with E-state index in [-0.39, 0.29) is 36.3 Å². The van der Waals surface area contributed by atoms with Gasteiger partial charge in [-0.3, -0.25) is 9.59 Å². The van der Waals surface area contributed by atoms with Crippen molar-refractivity contribution in [2.75, 3.05) is 13.2 Å². The Morgan fingerprint density at radius 3 is 2.44 bits per heavy atom. The number of carbonyl (C=O) groups is 2. The van der Waals surface area contributed by atoms with Gasteiger partial charge in [-0.15, -0.1) is 0 Å². The number of halogens is 3. The quantitative estimate of drug-likeness (QED) is 0.652. The van der Waals surface area contributed by atoms with Crippen LogP contribution in [0.5, 0.6) is 5.75 Å². The van der Waals surface area contributed by atoms with Gasteiger partial charge in [-0.25, -0.2) is 0 Å². The minimum absolute atomic E-state index is 0.106. The first-order chi connectivity index (χ1) is 12.8. The molecule has 0 atom stereocenters. The Morgan fingerprint density at radius 1 is 1.07 bits per heavy atom. The fraction of sp³-hybridized carbons (Fsp3) is 0.333. The van der Waals surface area contributed by atoms with E-state index in [1.54, 1.807) is 24.3 Å². The lowest BCUT2D eigenvalue weighted by Gasteiger charge is -2.10. The highest BCUT2D eigenvalue weighted by Crippen LogP contribution is 2.18. The van der Waals surface area contributed by atoms with E-state index < -0.39 is 12.8 Å². The van der Waals surface area contributed by atoms with Crippen LogP contribution in [0.25, 0.3) is 0 Å². The van der Waals surface area contributed by atoms with E-state index in [4.69, 9.17) is 4.42 Å². The smallest absolute Gasteiger partial charge is 0.422 e. The number of furan rings is 1. The first-order valence-electron chi connectivity index (χ1n) is 8.20. The Morgan fingerprint density at radius 2 is 1.81 bits per heavy atom. The van der Waals surface area contributed by atoms with Crippen LogP contribution in [0.4, 0.5) is 13.2 Å². The monoisotopic (exact) mass is 384 g/mol. The molecule has 1 aromatic heterocycles. The molecule has 0 radical (unpaired) electrons. The lowest BCUT2D eigenvalue weighted by atomic mass is 10.2. The molecule has 2 amide bonds. The molecule has 0 spiro atoms. The lowest BCUT2D eigenvalue weighted by Crippen LogP contribution is -2.27. The number of hydrogen-bond donors (Lipinski definition) is 2. The predicted octanol–water partition coefficient (Wildman–Crippen LogP) is 3.05. The molecular weight excluding hydrogens is 365 g/mol. The van der Waals surface area contributed by atoms with E-state index in [1.165, 1.54) is 18.4 Å². The summed E-state index contributed by atoms with van der Waals surface area (Å²) in [5.41, 5.74) is 0.730. The molecule has 0 saturated carbocycles. The minimum Gasteiger partial charge on any atom is -0.484 e. The summed E-state index contributed by atoms with van der Waals surface area (Å²) in [7, 11) is 0. The standard InChI is InChI=1S/C18H19F3N2O4/c19-18(20,21)12-27-14-7-5-13(6-8-14)11-23-16(24)4-1-9-22-17(25)15-3-2-10-26-15/h2-3,5-8,10H,1,4,9,11-12H2,(H,22,25)(H,23,24). The van der Waals surface area contributed by atoms with Crippen molar-refractivity contribution in [3.05, 3.63) is 54.0 Å². The maximum Gasteiger partial charge on any atom is 0.422 e. The zero-order chi connectivity index (χ0) is 19.7. The van der Waals surface area contributed by atoms with Crippen LogP contribution in [0, 0.1) is 0 Å². The van der Waals surface area contributed by atoms with Gasteiger partial charge in [0.1, 0.15) is 5.75 Å². The van der Waals surface area contributed by atoms with Crippen molar-refractivity contribution in [2.45, 2.75) is 25.6 Å². The van der Waals surface area contributed by atoms with Crippen molar-refractivity contribution in [1.82, 2.24) is 10.6 Å². The maximum absolute atomic E-state index is 12.1. The van der Waals surface area contributed by atoms with E-state index in [1.807, 2.05) is 0 Å². The van der Waals surface area contributed by atoms with Crippen molar-refractivity contribution < 1.29 is 31.9 Å².